The number of hydrogen-bond acceptors (Lipinski definition) is 2. The fourth-order valence-electron chi connectivity index (χ4n) is 4.32. The van der Waals surface area contributed by atoms with Crippen LogP contribution in [0.15, 0.2) is 0 Å². The van der Waals surface area contributed by atoms with E-state index in [-0.39, 0.29) is 11.3 Å². The summed E-state index contributed by atoms with van der Waals surface area (Å²) >= 11 is 2.50. The van der Waals surface area contributed by atoms with Gasteiger partial charge >= 0.3 is 0 Å². The average Bonchev–Trinajstić information content (AvgIpc) is 2.65. The summed E-state index contributed by atoms with van der Waals surface area (Å²) in [4.78, 5) is 24.2. The molecule has 3 fully saturated rings. The molecule has 3 rings (SSSR count). The fraction of sp³-hybridized carbons (Fsp3) is 0.846. The largest absolute Gasteiger partial charge is 0.299 e. The van der Waals surface area contributed by atoms with Crippen LogP contribution < -0.4 is 0 Å². The smallest absolute Gasteiger partial charge is 0.139 e. The molecular formula is C13H17IO2. The lowest BCUT2D eigenvalue weighted by atomic mass is 9.66. The van der Waals surface area contributed by atoms with Crippen molar-refractivity contribution in [1.29, 1.82) is 0 Å². The predicted octanol–water partition coefficient (Wildman–Crippen LogP) is 2.63. The van der Waals surface area contributed by atoms with E-state index in [0.29, 0.717) is 39.7 Å². The molecule has 0 aromatic heterocycles. The highest BCUT2D eigenvalue weighted by molar-refractivity contribution is 14.1. The van der Waals surface area contributed by atoms with Crippen molar-refractivity contribution in [3.63, 3.8) is 0 Å². The van der Waals surface area contributed by atoms with Gasteiger partial charge in [0.25, 0.3) is 0 Å². The summed E-state index contributed by atoms with van der Waals surface area (Å²) in [5.74, 6) is 2.33. The van der Waals surface area contributed by atoms with Gasteiger partial charge in [-0.05, 0) is 24.2 Å². The first kappa shape index (κ1) is 11.2. The van der Waals surface area contributed by atoms with Gasteiger partial charge in [0.05, 0.1) is 0 Å². The van der Waals surface area contributed by atoms with Crippen molar-refractivity contribution in [3.8, 4) is 0 Å². The normalized spacial score (nSPS) is 49.6. The van der Waals surface area contributed by atoms with E-state index in [0.717, 1.165) is 12.8 Å². The maximum atomic E-state index is 12.1. The Morgan fingerprint density at radius 2 is 1.94 bits per heavy atom. The number of rotatable bonds is 0. The number of carbonyl (C=O) groups excluding carboxylic acids is 2. The Labute approximate surface area is 110 Å². The van der Waals surface area contributed by atoms with E-state index in [1.807, 2.05) is 0 Å². The first-order chi connectivity index (χ1) is 7.44. The number of ketones is 2. The molecule has 0 aromatic carbocycles. The summed E-state index contributed by atoms with van der Waals surface area (Å²) in [6.45, 7) is 4.10. The van der Waals surface area contributed by atoms with Crippen LogP contribution in [0.4, 0.5) is 0 Å². The zero-order valence-electron chi connectivity index (χ0n) is 9.70. The van der Waals surface area contributed by atoms with Crippen LogP contribution in [-0.4, -0.2) is 15.5 Å². The van der Waals surface area contributed by atoms with Crippen molar-refractivity contribution in [2.45, 2.75) is 37.0 Å². The summed E-state index contributed by atoms with van der Waals surface area (Å²) in [6.07, 6.45) is 2.51. The maximum Gasteiger partial charge on any atom is 0.139 e. The van der Waals surface area contributed by atoms with Gasteiger partial charge in [-0.1, -0.05) is 36.4 Å². The van der Waals surface area contributed by atoms with Crippen molar-refractivity contribution >= 4 is 34.2 Å². The van der Waals surface area contributed by atoms with E-state index in [4.69, 9.17) is 0 Å². The molecule has 3 unspecified atom stereocenters. The molecule has 16 heavy (non-hydrogen) atoms. The van der Waals surface area contributed by atoms with Gasteiger partial charge in [-0.3, -0.25) is 9.59 Å². The minimum Gasteiger partial charge on any atom is -0.299 e. The molecule has 3 aliphatic carbocycles. The van der Waals surface area contributed by atoms with Gasteiger partial charge in [0.1, 0.15) is 11.6 Å². The van der Waals surface area contributed by atoms with Gasteiger partial charge in [0, 0.05) is 28.1 Å². The Morgan fingerprint density at radius 1 is 1.25 bits per heavy atom. The Balaban J connectivity index is 2.08. The molecule has 5 atom stereocenters. The van der Waals surface area contributed by atoms with Gasteiger partial charge in [0.15, 0.2) is 0 Å². The van der Waals surface area contributed by atoms with Crippen molar-refractivity contribution in [2.75, 3.05) is 0 Å². The first-order valence-corrected chi connectivity index (χ1v) is 7.39. The zero-order chi connectivity index (χ0) is 11.7. The molecule has 0 spiro atoms. The van der Waals surface area contributed by atoms with E-state index >= 15 is 0 Å². The number of carbonyl (C=O) groups is 2. The molecule has 88 valence electrons. The second-order valence-electron chi connectivity index (χ2n) is 6.18. The third kappa shape index (κ3) is 1.18. The van der Waals surface area contributed by atoms with Gasteiger partial charge in [0.2, 0.25) is 0 Å². The van der Waals surface area contributed by atoms with E-state index < -0.39 is 0 Å². The van der Waals surface area contributed by atoms with Crippen LogP contribution in [0.5, 0.6) is 0 Å². The van der Waals surface area contributed by atoms with Crippen molar-refractivity contribution in [3.05, 3.63) is 0 Å². The number of Topliss-reactive ketones (excluding diaryl/α,β-unsaturated/α-hetero) is 2. The molecular weight excluding hydrogens is 315 g/mol. The first-order valence-electron chi connectivity index (χ1n) is 6.14. The second kappa shape index (κ2) is 3.30. The Hall–Kier alpha value is 0.0700. The monoisotopic (exact) mass is 332 g/mol. The minimum atomic E-state index is -0.276. The van der Waals surface area contributed by atoms with Crippen molar-refractivity contribution in [1.82, 2.24) is 0 Å². The topological polar surface area (TPSA) is 34.1 Å². The van der Waals surface area contributed by atoms with Crippen molar-refractivity contribution < 1.29 is 9.59 Å². The summed E-state index contributed by atoms with van der Waals surface area (Å²) in [6, 6.07) is 0. The predicted molar refractivity (Wildman–Crippen MR) is 69.4 cm³/mol. The lowest BCUT2D eigenvalue weighted by molar-refractivity contribution is -0.134. The molecule has 0 radical (unpaired) electrons. The molecule has 3 saturated carbocycles. The Bertz CT molecular complexity index is 374. The summed E-state index contributed by atoms with van der Waals surface area (Å²) in [5.41, 5.74) is -0.276. The molecule has 0 saturated heterocycles. The van der Waals surface area contributed by atoms with E-state index in [9.17, 15) is 9.59 Å². The van der Waals surface area contributed by atoms with Crippen LogP contribution in [-0.2, 0) is 9.59 Å². The number of hydrogen-bond donors (Lipinski definition) is 0. The lowest BCUT2D eigenvalue weighted by Crippen LogP contribution is -2.45. The highest BCUT2D eigenvalue weighted by Crippen LogP contribution is 2.62. The summed E-state index contributed by atoms with van der Waals surface area (Å²) in [5, 5.41) is 0. The molecule has 0 aliphatic heterocycles. The second-order valence-corrected chi connectivity index (χ2v) is 7.62. The van der Waals surface area contributed by atoms with Gasteiger partial charge in [-0.15, -0.1) is 0 Å². The van der Waals surface area contributed by atoms with Crippen LogP contribution in [0.1, 0.15) is 33.1 Å². The average molecular weight is 332 g/mol. The quantitative estimate of drug-likeness (QED) is 0.505. The fourth-order valence-corrected chi connectivity index (χ4v) is 6.45. The number of fused-ring (bicyclic) bond motifs is 5. The molecule has 2 bridgehead atoms. The number of halogens is 1. The van der Waals surface area contributed by atoms with Gasteiger partial charge in [-0.25, -0.2) is 0 Å². The third-order valence-corrected chi connectivity index (χ3v) is 6.92. The molecule has 3 heteroatoms. The van der Waals surface area contributed by atoms with Crippen LogP contribution in [0.2, 0.25) is 0 Å². The molecule has 0 N–H and O–H groups in total. The van der Waals surface area contributed by atoms with E-state index in [1.54, 1.807) is 0 Å². The van der Waals surface area contributed by atoms with Gasteiger partial charge in [-0.2, -0.15) is 0 Å². The molecule has 2 nitrogen and oxygen atoms in total. The number of alkyl halides is 1. The van der Waals surface area contributed by atoms with Gasteiger partial charge < -0.3 is 0 Å². The highest BCUT2D eigenvalue weighted by Gasteiger charge is 2.63. The SMILES string of the molecule is CC1(C)C(=O)CC2C(I)C1[C@H]1C(=O)CC[C@@H]21. The molecule has 0 heterocycles. The Kier molecular flexibility index (Phi) is 2.30. The van der Waals surface area contributed by atoms with Crippen LogP contribution in [0.25, 0.3) is 0 Å². The van der Waals surface area contributed by atoms with Crippen LogP contribution in [0, 0.1) is 29.1 Å². The molecule has 0 amide bonds. The lowest BCUT2D eigenvalue weighted by Gasteiger charge is -2.40. The summed E-state index contributed by atoms with van der Waals surface area (Å²) < 4.78 is 0.532. The zero-order valence-corrected chi connectivity index (χ0v) is 11.9. The Morgan fingerprint density at radius 3 is 2.62 bits per heavy atom. The third-order valence-electron chi connectivity index (χ3n) is 5.22. The van der Waals surface area contributed by atoms with E-state index in [2.05, 4.69) is 36.4 Å². The van der Waals surface area contributed by atoms with Crippen LogP contribution in [0.3, 0.4) is 0 Å². The molecule has 0 aromatic rings. The summed E-state index contributed by atoms with van der Waals surface area (Å²) in [7, 11) is 0. The van der Waals surface area contributed by atoms with Crippen LogP contribution >= 0.6 is 22.6 Å². The minimum absolute atomic E-state index is 0.202. The van der Waals surface area contributed by atoms with E-state index in [1.165, 1.54) is 0 Å². The highest BCUT2D eigenvalue weighted by atomic mass is 127. The maximum absolute atomic E-state index is 12.1. The standard InChI is InChI=1S/C13H17IO2/c1-13(2)9(16)5-7-6-3-4-8(15)10(6)11(13)12(7)14/h6-7,10-12H,3-5H2,1-2H3/t6-,7?,10+,11?,12?/m0/s1. The van der Waals surface area contributed by atoms with Crippen molar-refractivity contribution in [2.24, 2.45) is 29.1 Å². The molecule has 3 aliphatic rings.